The molecule has 0 radical (unpaired) electrons. The first-order chi connectivity index (χ1) is 14.3. The van der Waals surface area contributed by atoms with E-state index in [1.165, 1.54) is 12.1 Å². The van der Waals surface area contributed by atoms with Crippen LogP contribution < -0.4 is 5.32 Å². The Bertz CT molecular complexity index is 1060. The van der Waals surface area contributed by atoms with Gasteiger partial charge in [-0.3, -0.25) is 0 Å². The van der Waals surface area contributed by atoms with Gasteiger partial charge in [-0.1, -0.05) is 6.92 Å². The minimum Gasteiger partial charge on any atom is -0.390 e. The van der Waals surface area contributed by atoms with Crippen molar-refractivity contribution in [1.29, 1.82) is 0 Å². The number of aryl methyl sites for hydroxylation is 1. The van der Waals surface area contributed by atoms with Crippen LogP contribution in [0.1, 0.15) is 62.3 Å². The van der Waals surface area contributed by atoms with Crippen molar-refractivity contribution >= 4 is 21.5 Å². The fourth-order valence-corrected chi connectivity index (χ4v) is 4.72. The minimum atomic E-state index is -4.58. The van der Waals surface area contributed by atoms with Crippen LogP contribution in [0.25, 0.3) is 0 Å². The van der Waals surface area contributed by atoms with Gasteiger partial charge in [0.25, 0.3) is 0 Å². The van der Waals surface area contributed by atoms with Crippen LogP contribution >= 0.6 is 0 Å². The van der Waals surface area contributed by atoms with Crippen molar-refractivity contribution in [2.45, 2.75) is 69.0 Å². The maximum absolute atomic E-state index is 13.6. The molecule has 0 unspecified atom stereocenters. The van der Waals surface area contributed by atoms with Gasteiger partial charge in [0.15, 0.2) is 9.84 Å². The van der Waals surface area contributed by atoms with Gasteiger partial charge < -0.3 is 10.4 Å². The summed E-state index contributed by atoms with van der Waals surface area (Å²) in [6.45, 7) is 4.94. The maximum Gasteiger partial charge on any atom is 0.419 e. The van der Waals surface area contributed by atoms with Crippen molar-refractivity contribution in [3.8, 4) is 0 Å². The number of hydrogen-bond donors (Lipinski definition) is 2. The monoisotopic (exact) mass is 457 g/mol. The summed E-state index contributed by atoms with van der Waals surface area (Å²) in [5.41, 5.74) is -0.713. The highest BCUT2D eigenvalue weighted by molar-refractivity contribution is 7.91. The van der Waals surface area contributed by atoms with Gasteiger partial charge in [-0.25, -0.2) is 18.4 Å². The fraction of sp³-hybridized carbons (Fsp3) is 0.524. The van der Waals surface area contributed by atoms with E-state index in [1.54, 1.807) is 26.8 Å². The van der Waals surface area contributed by atoms with E-state index in [-0.39, 0.29) is 22.3 Å². The predicted molar refractivity (Wildman–Crippen MR) is 111 cm³/mol. The Labute approximate surface area is 179 Å². The zero-order valence-corrected chi connectivity index (χ0v) is 18.4. The van der Waals surface area contributed by atoms with Crippen LogP contribution in [0.5, 0.6) is 0 Å². The van der Waals surface area contributed by atoms with Gasteiger partial charge in [0.05, 0.1) is 27.5 Å². The molecule has 1 aliphatic carbocycles. The van der Waals surface area contributed by atoms with Crippen molar-refractivity contribution < 1.29 is 26.7 Å². The molecule has 1 aromatic carbocycles. The number of rotatable bonds is 5. The zero-order chi connectivity index (χ0) is 23.0. The molecule has 0 saturated heterocycles. The van der Waals surface area contributed by atoms with E-state index in [0.717, 1.165) is 6.20 Å². The van der Waals surface area contributed by atoms with E-state index < -0.39 is 33.1 Å². The number of anilines is 2. The summed E-state index contributed by atoms with van der Waals surface area (Å²) in [5.74, 6) is -0.452. The normalized spacial score (nSPS) is 22.4. The fourth-order valence-electron chi connectivity index (χ4n) is 3.75. The van der Waals surface area contributed by atoms with Gasteiger partial charge in [-0.2, -0.15) is 13.2 Å². The average Bonchev–Trinajstić information content (AvgIpc) is 2.68. The highest BCUT2D eigenvalue weighted by Crippen LogP contribution is 2.42. The molecule has 0 atom stereocenters. The van der Waals surface area contributed by atoms with Crippen LogP contribution in [-0.4, -0.2) is 34.8 Å². The molecule has 10 heteroatoms. The Morgan fingerprint density at radius 1 is 1.26 bits per heavy atom. The van der Waals surface area contributed by atoms with Crippen molar-refractivity contribution in [1.82, 2.24) is 9.97 Å². The number of nitrogens with zero attached hydrogens (tertiary/aromatic N) is 2. The van der Waals surface area contributed by atoms with Crippen LogP contribution in [0.15, 0.2) is 29.3 Å². The molecule has 1 heterocycles. The number of aliphatic hydroxyl groups is 1. The highest BCUT2D eigenvalue weighted by Gasteiger charge is 2.39. The summed E-state index contributed by atoms with van der Waals surface area (Å²) in [6.07, 6.45) is -2.21. The lowest BCUT2D eigenvalue weighted by Crippen LogP contribution is -2.30. The molecular formula is C21H26F3N3O3S. The van der Waals surface area contributed by atoms with Crippen LogP contribution in [-0.2, 0) is 16.0 Å². The molecule has 0 aliphatic heterocycles. The second kappa shape index (κ2) is 8.38. The third kappa shape index (κ3) is 5.35. The van der Waals surface area contributed by atoms with Gasteiger partial charge in [0, 0.05) is 17.8 Å². The van der Waals surface area contributed by atoms with Gasteiger partial charge in [0.1, 0.15) is 0 Å². The number of hydrogen-bond acceptors (Lipinski definition) is 6. The molecule has 1 fully saturated rings. The van der Waals surface area contributed by atoms with Crippen LogP contribution in [0.2, 0.25) is 0 Å². The molecule has 31 heavy (non-hydrogen) atoms. The molecular weight excluding hydrogens is 431 g/mol. The largest absolute Gasteiger partial charge is 0.419 e. The summed E-state index contributed by atoms with van der Waals surface area (Å²) in [7, 11) is -3.37. The SMILES string of the molecule is CCS(=O)(=O)c1ccc(Nc2ncc(C(F)(F)F)c([C@H]3CC[C@@](C)(O)CC3)n2)c(C)c1. The molecule has 0 amide bonds. The Balaban J connectivity index is 1.93. The van der Waals surface area contributed by atoms with E-state index in [2.05, 4.69) is 15.3 Å². The molecule has 1 aliphatic rings. The van der Waals surface area contributed by atoms with E-state index in [9.17, 15) is 26.7 Å². The second-order valence-corrected chi connectivity index (χ2v) is 10.5. The van der Waals surface area contributed by atoms with E-state index >= 15 is 0 Å². The third-order valence-corrected chi connectivity index (χ3v) is 7.49. The summed E-state index contributed by atoms with van der Waals surface area (Å²) in [6, 6.07) is 4.51. The van der Waals surface area contributed by atoms with Crippen molar-refractivity contribution in [2.75, 3.05) is 11.1 Å². The smallest absolute Gasteiger partial charge is 0.390 e. The number of halogens is 3. The molecule has 170 valence electrons. The van der Waals surface area contributed by atoms with Crippen LogP contribution in [0.4, 0.5) is 24.8 Å². The van der Waals surface area contributed by atoms with Crippen molar-refractivity contribution in [3.63, 3.8) is 0 Å². The van der Waals surface area contributed by atoms with E-state index in [4.69, 9.17) is 0 Å². The maximum atomic E-state index is 13.6. The van der Waals surface area contributed by atoms with Crippen LogP contribution in [0.3, 0.4) is 0 Å². The summed E-state index contributed by atoms with van der Waals surface area (Å²) < 4.78 is 64.8. The first kappa shape index (κ1) is 23.5. The number of alkyl halides is 3. The Kier molecular flexibility index (Phi) is 6.35. The summed E-state index contributed by atoms with van der Waals surface area (Å²) in [4.78, 5) is 8.22. The van der Waals surface area contributed by atoms with Gasteiger partial charge in [-0.15, -0.1) is 0 Å². The molecule has 2 N–H and O–H groups in total. The van der Waals surface area contributed by atoms with Crippen LogP contribution in [0, 0.1) is 6.92 Å². The second-order valence-electron chi connectivity index (χ2n) is 8.27. The standard InChI is InChI=1S/C21H26F3N3O3S/c1-4-31(29,30)15-5-6-17(13(2)11-15)26-19-25-12-16(21(22,23)24)18(27-19)14-7-9-20(3,28)10-8-14/h5-6,11-12,14,28H,4,7-10H2,1-3H3,(H,25,26,27)/t14-,20+. The first-order valence-corrected chi connectivity index (χ1v) is 11.7. The molecule has 3 rings (SSSR count). The predicted octanol–water partition coefficient (Wildman–Crippen LogP) is 4.75. The highest BCUT2D eigenvalue weighted by atomic mass is 32.2. The molecule has 6 nitrogen and oxygen atoms in total. The first-order valence-electron chi connectivity index (χ1n) is 10.1. The lowest BCUT2D eigenvalue weighted by molar-refractivity contribution is -0.139. The van der Waals surface area contributed by atoms with Crippen molar-refractivity contribution in [3.05, 3.63) is 41.2 Å². The number of sulfone groups is 1. The van der Waals surface area contributed by atoms with Gasteiger partial charge in [0.2, 0.25) is 5.95 Å². The van der Waals surface area contributed by atoms with Gasteiger partial charge >= 0.3 is 6.18 Å². The topological polar surface area (TPSA) is 92.2 Å². The number of nitrogens with one attached hydrogen (secondary N) is 1. The molecule has 1 aromatic heterocycles. The molecule has 0 spiro atoms. The lowest BCUT2D eigenvalue weighted by atomic mass is 9.78. The van der Waals surface area contributed by atoms with Gasteiger partial charge in [-0.05, 0) is 63.3 Å². The molecule has 2 aromatic rings. The zero-order valence-electron chi connectivity index (χ0n) is 17.6. The summed E-state index contributed by atoms with van der Waals surface area (Å²) in [5, 5.41) is 13.0. The van der Waals surface area contributed by atoms with Crippen molar-refractivity contribution in [2.24, 2.45) is 0 Å². The average molecular weight is 458 g/mol. The van der Waals surface area contributed by atoms with E-state index in [0.29, 0.717) is 36.9 Å². The quantitative estimate of drug-likeness (QED) is 0.673. The lowest BCUT2D eigenvalue weighted by Gasteiger charge is -2.33. The molecule has 1 saturated carbocycles. The number of aromatic nitrogens is 2. The Morgan fingerprint density at radius 3 is 2.45 bits per heavy atom. The Morgan fingerprint density at radius 2 is 1.90 bits per heavy atom. The summed E-state index contributed by atoms with van der Waals surface area (Å²) >= 11 is 0. The third-order valence-electron chi connectivity index (χ3n) is 5.76. The number of benzene rings is 1. The Hall–Kier alpha value is -2.20. The van der Waals surface area contributed by atoms with E-state index in [1.807, 2.05) is 0 Å². The minimum absolute atomic E-state index is 0.00883. The molecule has 0 bridgehead atoms.